The van der Waals surface area contributed by atoms with Crippen LogP contribution in [0.25, 0.3) is 11.0 Å². The number of carbonyl (C=O) groups is 1. The first-order chi connectivity index (χ1) is 8.10. The fraction of sp³-hybridized carbons (Fsp3) is 0.385. The van der Waals surface area contributed by atoms with Crippen LogP contribution in [0.1, 0.15) is 36.5 Å². The van der Waals surface area contributed by atoms with Crippen LogP contribution in [-0.4, -0.2) is 21.9 Å². The van der Waals surface area contributed by atoms with Crippen LogP contribution in [0.5, 0.6) is 0 Å². The van der Waals surface area contributed by atoms with Crippen molar-refractivity contribution in [1.82, 2.24) is 15.3 Å². The van der Waals surface area contributed by atoms with Gasteiger partial charge in [-0.25, -0.2) is 4.98 Å². The molecule has 4 nitrogen and oxygen atoms in total. The predicted octanol–water partition coefficient (Wildman–Crippen LogP) is 2.40. The molecule has 1 atom stereocenters. The number of rotatable bonds is 3. The normalized spacial score (nSPS) is 12.6. The number of benzene rings is 1. The number of fused-ring (bicyclic) bond motifs is 1. The van der Waals surface area contributed by atoms with Crippen molar-refractivity contribution in [3.8, 4) is 0 Å². The first-order valence-electron chi connectivity index (χ1n) is 5.87. The maximum Gasteiger partial charge on any atom is 0.251 e. The second kappa shape index (κ2) is 4.57. The quantitative estimate of drug-likeness (QED) is 0.852. The highest BCUT2D eigenvalue weighted by Crippen LogP contribution is 2.13. The second-order valence-electron chi connectivity index (χ2n) is 4.34. The van der Waals surface area contributed by atoms with E-state index in [1.54, 1.807) is 6.07 Å². The van der Waals surface area contributed by atoms with E-state index in [0.29, 0.717) is 5.56 Å². The third-order valence-electron chi connectivity index (χ3n) is 2.85. The van der Waals surface area contributed by atoms with Gasteiger partial charge in [-0.2, -0.15) is 0 Å². The standard InChI is InChI=1S/C13H17N3O/c1-4-8(2)14-13(17)10-5-6-11-12(7-10)16-9(3)15-11/h5-8H,4H2,1-3H3,(H,14,17)(H,15,16). The van der Waals surface area contributed by atoms with Crippen LogP contribution in [0.2, 0.25) is 0 Å². The van der Waals surface area contributed by atoms with Crippen LogP contribution in [0.15, 0.2) is 18.2 Å². The molecule has 0 saturated heterocycles. The average molecular weight is 231 g/mol. The van der Waals surface area contributed by atoms with Gasteiger partial charge in [0, 0.05) is 11.6 Å². The molecule has 4 heteroatoms. The van der Waals surface area contributed by atoms with E-state index in [0.717, 1.165) is 23.3 Å². The van der Waals surface area contributed by atoms with E-state index in [2.05, 4.69) is 15.3 Å². The molecule has 2 rings (SSSR count). The molecule has 1 heterocycles. The molecule has 0 aliphatic carbocycles. The molecular formula is C13H17N3O. The van der Waals surface area contributed by atoms with Gasteiger partial charge in [0.1, 0.15) is 5.82 Å². The summed E-state index contributed by atoms with van der Waals surface area (Å²) in [6.45, 7) is 5.95. The Morgan fingerprint density at radius 3 is 3.00 bits per heavy atom. The summed E-state index contributed by atoms with van der Waals surface area (Å²) in [5.41, 5.74) is 2.46. The third kappa shape index (κ3) is 2.46. The summed E-state index contributed by atoms with van der Waals surface area (Å²) in [5, 5.41) is 2.94. The lowest BCUT2D eigenvalue weighted by molar-refractivity contribution is 0.0939. The number of hydrogen-bond donors (Lipinski definition) is 2. The van der Waals surface area contributed by atoms with Gasteiger partial charge >= 0.3 is 0 Å². The summed E-state index contributed by atoms with van der Waals surface area (Å²) >= 11 is 0. The van der Waals surface area contributed by atoms with Gasteiger partial charge in [-0.05, 0) is 38.5 Å². The van der Waals surface area contributed by atoms with E-state index in [9.17, 15) is 4.79 Å². The minimum absolute atomic E-state index is 0.0338. The Hall–Kier alpha value is -1.84. The van der Waals surface area contributed by atoms with Gasteiger partial charge in [-0.15, -0.1) is 0 Å². The van der Waals surface area contributed by atoms with E-state index in [1.165, 1.54) is 0 Å². The molecule has 1 aromatic heterocycles. The Labute approximate surface area is 100 Å². The van der Waals surface area contributed by atoms with Crippen molar-refractivity contribution in [2.75, 3.05) is 0 Å². The molecule has 0 aliphatic rings. The number of H-pyrrole nitrogens is 1. The van der Waals surface area contributed by atoms with Gasteiger partial charge in [0.15, 0.2) is 0 Å². The number of hydrogen-bond acceptors (Lipinski definition) is 2. The van der Waals surface area contributed by atoms with E-state index in [1.807, 2.05) is 32.9 Å². The Morgan fingerprint density at radius 1 is 1.53 bits per heavy atom. The van der Waals surface area contributed by atoms with Crippen LogP contribution < -0.4 is 5.32 Å². The monoisotopic (exact) mass is 231 g/mol. The Bertz CT molecular complexity index is 545. The van der Waals surface area contributed by atoms with Gasteiger partial charge in [0.25, 0.3) is 5.91 Å². The highest BCUT2D eigenvalue weighted by molar-refractivity contribution is 5.97. The van der Waals surface area contributed by atoms with Crippen LogP contribution in [0.3, 0.4) is 0 Å². The van der Waals surface area contributed by atoms with Crippen molar-refractivity contribution in [2.24, 2.45) is 0 Å². The molecule has 90 valence electrons. The average Bonchev–Trinajstić information content (AvgIpc) is 2.67. The fourth-order valence-corrected chi connectivity index (χ4v) is 1.69. The van der Waals surface area contributed by atoms with Crippen molar-refractivity contribution in [1.29, 1.82) is 0 Å². The number of imidazole rings is 1. The summed E-state index contributed by atoms with van der Waals surface area (Å²) in [4.78, 5) is 19.4. The molecule has 0 bridgehead atoms. The summed E-state index contributed by atoms with van der Waals surface area (Å²) in [7, 11) is 0. The topological polar surface area (TPSA) is 57.8 Å². The molecule has 1 amide bonds. The first-order valence-corrected chi connectivity index (χ1v) is 5.87. The summed E-state index contributed by atoms with van der Waals surface area (Å²) in [5.74, 6) is 0.827. The molecule has 0 radical (unpaired) electrons. The van der Waals surface area contributed by atoms with E-state index in [4.69, 9.17) is 0 Å². The molecule has 0 saturated carbocycles. The number of nitrogens with one attached hydrogen (secondary N) is 2. The van der Waals surface area contributed by atoms with Crippen molar-refractivity contribution >= 4 is 16.9 Å². The smallest absolute Gasteiger partial charge is 0.251 e. The molecule has 0 fully saturated rings. The highest BCUT2D eigenvalue weighted by atomic mass is 16.1. The lowest BCUT2D eigenvalue weighted by Crippen LogP contribution is -2.31. The molecule has 0 spiro atoms. The zero-order valence-electron chi connectivity index (χ0n) is 10.4. The predicted molar refractivity (Wildman–Crippen MR) is 68.0 cm³/mol. The molecule has 0 aliphatic heterocycles. The minimum atomic E-state index is -0.0338. The summed E-state index contributed by atoms with van der Waals surface area (Å²) in [6, 6.07) is 5.71. The Kier molecular flexibility index (Phi) is 3.13. The number of carbonyl (C=O) groups excluding carboxylic acids is 1. The Morgan fingerprint density at radius 2 is 2.29 bits per heavy atom. The molecule has 1 aromatic carbocycles. The molecular weight excluding hydrogens is 214 g/mol. The summed E-state index contributed by atoms with van der Waals surface area (Å²) < 4.78 is 0. The minimum Gasteiger partial charge on any atom is -0.350 e. The van der Waals surface area contributed by atoms with Gasteiger partial charge < -0.3 is 10.3 Å². The number of nitrogens with zero attached hydrogens (tertiary/aromatic N) is 1. The van der Waals surface area contributed by atoms with E-state index < -0.39 is 0 Å². The summed E-state index contributed by atoms with van der Waals surface area (Å²) in [6.07, 6.45) is 0.928. The maximum atomic E-state index is 11.9. The zero-order valence-corrected chi connectivity index (χ0v) is 10.4. The molecule has 2 aromatic rings. The number of amides is 1. The molecule has 1 unspecified atom stereocenters. The van der Waals surface area contributed by atoms with Crippen LogP contribution in [0.4, 0.5) is 0 Å². The number of aryl methyl sites for hydroxylation is 1. The van der Waals surface area contributed by atoms with E-state index in [-0.39, 0.29) is 11.9 Å². The largest absolute Gasteiger partial charge is 0.350 e. The lowest BCUT2D eigenvalue weighted by atomic mass is 10.1. The van der Waals surface area contributed by atoms with Crippen molar-refractivity contribution in [3.05, 3.63) is 29.6 Å². The van der Waals surface area contributed by atoms with Crippen LogP contribution >= 0.6 is 0 Å². The maximum absolute atomic E-state index is 11.9. The van der Waals surface area contributed by atoms with Crippen molar-refractivity contribution in [3.63, 3.8) is 0 Å². The lowest BCUT2D eigenvalue weighted by Gasteiger charge is -2.11. The third-order valence-corrected chi connectivity index (χ3v) is 2.85. The van der Waals surface area contributed by atoms with Gasteiger partial charge in [-0.1, -0.05) is 6.92 Å². The fourth-order valence-electron chi connectivity index (χ4n) is 1.69. The second-order valence-corrected chi connectivity index (χ2v) is 4.34. The van der Waals surface area contributed by atoms with Crippen molar-refractivity contribution in [2.45, 2.75) is 33.2 Å². The zero-order chi connectivity index (χ0) is 12.4. The first kappa shape index (κ1) is 11.6. The van der Waals surface area contributed by atoms with Gasteiger partial charge in [0.2, 0.25) is 0 Å². The molecule has 2 N–H and O–H groups in total. The Balaban J connectivity index is 2.26. The van der Waals surface area contributed by atoms with Crippen LogP contribution in [0, 0.1) is 6.92 Å². The number of aromatic nitrogens is 2. The van der Waals surface area contributed by atoms with Crippen LogP contribution in [-0.2, 0) is 0 Å². The van der Waals surface area contributed by atoms with Gasteiger partial charge in [-0.3, -0.25) is 4.79 Å². The van der Waals surface area contributed by atoms with Crippen molar-refractivity contribution < 1.29 is 4.79 Å². The van der Waals surface area contributed by atoms with Gasteiger partial charge in [0.05, 0.1) is 11.0 Å². The molecule has 17 heavy (non-hydrogen) atoms. The SMILES string of the molecule is CCC(C)NC(=O)c1ccc2nc(C)[nH]c2c1. The highest BCUT2D eigenvalue weighted by Gasteiger charge is 2.09. The van der Waals surface area contributed by atoms with E-state index >= 15 is 0 Å². The number of aromatic amines is 1.